The van der Waals surface area contributed by atoms with Gasteiger partial charge in [0.15, 0.2) is 0 Å². The number of esters is 1. The van der Waals surface area contributed by atoms with Crippen molar-refractivity contribution >= 4 is 61.2 Å². The first-order valence-corrected chi connectivity index (χ1v) is 10.3. The fraction of sp³-hybridized carbons (Fsp3) is 0.467. The smallest absolute Gasteiger partial charge is 0.330 e. The maximum absolute atomic E-state index is 12.6. The second-order valence-corrected chi connectivity index (χ2v) is 9.23. The van der Waals surface area contributed by atoms with Crippen molar-refractivity contribution in [2.24, 2.45) is 0 Å². The highest BCUT2D eigenvalue weighted by Gasteiger charge is 2.64. The summed E-state index contributed by atoms with van der Waals surface area (Å²) in [5.74, 6) is -0.581. The quantitative estimate of drug-likeness (QED) is 0.206. The first-order valence-electron chi connectivity index (χ1n) is 7.38. The van der Waals surface area contributed by atoms with Gasteiger partial charge in [-0.2, -0.15) is 0 Å². The number of rotatable bonds is 5. The molecule has 4 atom stereocenters. The van der Waals surface area contributed by atoms with Crippen molar-refractivity contribution in [3.63, 3.8) is 0 Å². The number of alkyl halides is 2. The SMILES string of the molecule is CC1(CBr)SC2C(Br)C(=O)N2C1C(=O)OCc1ccc([N+](=O)[O-])cc1. The van der Waals surface area contributed by atoms with Crippen LogP contribution in [-0.4, -0.2) is 48.0 Å². The van der Waals surface area contributed by atoms with Crippen LogP contribution < -0.4 is 0 Å². The summed E-state index contributed by atoms with van der Waals surface area (Å²) in [6.45, 7) is 1.93. The van der Waals surface area contributed by atoms with Gasteiger partial charge in [-0.25, -0.2) is 4.79 Å². The Morgan fingerprint density at radius 2 is 2.08 bits per heavy atom. The summed E-state index contributed by atoms with van der Waals surface area (Å²) >= 11 is 8.36. The molecule has 1 aromatic rings. The third-order valence-corrected chi connectivity index (χ3v) is 8.70. The molecule has 2 heterocycles. The van der Waals surface area contributed by atoms with Gasteiger partial charge in [0, 0.05) is 17.5 Å². The molecule has 0 radical (unpaired) electrons. The molecule has 25 heavy (non-hydrogen) atoms. The molecule has 2 aliphatic heterocycles. The molecule has 0 saturated carbocycles. The minimum atomic E-state index is -0.666. The third-order valence-electron chi connectivity index (χ3n) is 4.28. The van der Waals surface area contributed by atoms with Gasteiger partial charge < -0.3 is 9.64 Å². The van der Waals surface area contributed by atoms with Crippen molar-refractivity contribution in [1.29, 1.82) is 0 Å². The lowest BCUT2D eigenvalue weighted by atomic mass is 9.98. The molecule has 10 heteroatoms. The number of hydrogen-bond acceptors (Lipinski definition) is 6. The number of nitro groups is 1. The van der Waals surface area contributed by atoms with Crippen molar-refractivity contribution < 1.29 is 19.2 Å². The van der Waals surface area contributed by atoms with Gasteiger partial charge in [0.1, 0.15) is 22.8 Å². The van der Waals surface area contributed by atoms with Gasteiger partial charge in [0.2, 0.25) is 5.91 Å². The lowest BCUT2D eigenvalue weighted by Gasteiger charge is -2.41. The fourth-order valence-electron chi connectivity index (χ4n) is 2.89. The van der Waals surface area contributed by atoms with Crippen LogP contribution in [0.15, 0.2) is 24.3 Å². The monoisotopic (exact) mass is 492 g/mol. The van der Waals surface area contributed by atoms with Crippen LogP contribution in [0.1, 0.15) is 12.5 Å². The highest BCUT2D eigenvalue weighted by Crippen LogP contribution is 2.53. The van der Waals surface area contributed by atoms with Gasteiger partial charge in [-0.05, 0) is 24.6 Å². The maximum Gasteiger partial charge on any atom is 0.330 e. The van der Waals surface area contributed by atoms with Crippen molar-refractivity contribution in [3.8, 4) is 0 Å². The van der Waals surface area contributed by atoms with Crippen molar-refractivity contribution in [2.45, 2.75) is 34.5 Å². The number of halogens is 2. The molecule has 2 fully saturated rings. The number of hydrogen-bond donors (Lipinski definition) is 0. The summed E-state index contributed by atoms with van der Waals surface area (Å²) in [7, 11) is 0. The molecule has 134 valence electrons. The molecular formula is C15H14Br2N2O5S. The first kappa shape index (κ1) is 18.7. The predicted octanol–water partition coefficient (Wildman–Crippen LogP) is 2.84. The van der Waals surface area contributed by atoms with Crippen molar-refractivity contribution in [2.75, 3.05) is 5.33 Å². The third kappa shape index (κ3) is 3.19. The Morgan fingerprint density at radius 1 is 1.44 bits per heavy atom. The number of β-lactam (4-membered cyclic amide) rings is 1. The molecule has 1 aromatic carbocycles. The zero-order valence-electron chi connectivity index (χ0n) is 13.1. The second-order valence-electron chi connectivity index (χ2n) is 6.04. The highest BCUT2D eigenvalue weighted by molar-refractivity contribution is 9.10. The standard InChI is InChI=1S/C15H14Br2N2O5S/c1-15(7-16)11(18-12(20)10(17)13(18)25-15)14(21)24-6-8-2-4-9(5-3-8)19(22)23/h2-5,10-11,13H,6-7H2,1H3. The van der Waals surface area contributed by atoms with Gasteiger partial charge >= 0.3 is 5.97 Å². The van der Waals surface area contributed by atoms with Crippen LogP contribution in [0.2, 0.25) is 0 Å². The molecule has 2 aliphatic rings. The summed E-state index contributed by atoms with van der Waals surface area (Å²) < 4.78 is 4.92. The van der Waals surface area contributed by atoms with Crippen LogP contribution in [0.4, 0.5) is 5.69 Å². The van der Waals surface area contributed by atoms with E-state index in [1.54, 1.807) is 28.8 Å². The zero-order chi connectivity index (χ0) is 18.4. The van der Waals surface area contributed by atoms with E-state index in [9.17, 15) is 19.7 Å². The maximum atomic E-state index is 12.6. The minimum absolute atomic E-state index is 0.000792. The van der Waals surface area contributed by atoms with Crippen molar-refractivity contribution in [3.05, 3.63) is 39.9 Å². The lowest BCUT2D eigenvalue weighted by Crippen LogP contribution is -2.64. The van der Waals surface area contributed by atoms with Crippen LogP contribution in [0.25, 0.3) is 0 Å². The fourth-order valence-corrected chi connectivity index (χ4v) is 5.94. The molecule has 4 unspecified atom stereocenters. The minimum Gasteiger partial charge on any atom is -0.459 e. The van der Waals surface area contributed by atoms with E-state index in [0.717, 1.165) is 0 Å². The van der Waals surface area contributed by atoms with Crippen LogP contribution in [0.5, 0.6) is 0 Å². The Bertz CT molecular complexity index is 731. The summed E-state index contributed by atoms with van der Waals surface area (Å²) in [5.41, 5.74) is 0.626. The summed E-state index contributed by atoms with van der Waals surface area (Å²) in [5, 5.41) is 11.1. The molecule has 0 N–H and O–H groups in total. The summed E-state index contributed by atoms with van der Waals surface area (Å²) in [6.07, 6.45) is 0. The normalized spacial score (nSPS) is 30.6. The molecule has 0 spiro atoms. The lowest BCUT2D eigenvalue weighted by molar-refractivity contribution is -0.384. The molecule has 1 amide bonds. The molecule has 0 aliphatic carbocycles. The van der Waals surface area contributed by atoms with E-state index in [1.807, 2.05) is 6.92 Å². The number of carbonyl (C=O) groups excluding carboxylic acids is 2. The number of ether oxygens (including phenoxy) is 1. The van der Waals surface area contributed by atoms with E-state index < -0.39 is 21.7 Å². The Labute approximate surface area is 164 Å². The number of fused-ring (bicyclic) bond motifs is 1. The number of amides is 1. The average Bonchev–Trinajstić information content (AvgIpc) is 2.90. The zero-order valence-corrected chi connectivity index (χ0v) is 17.0. The molecular weight excluding hydrogens is 480 g/mol. The van der Waals surface area contributed by atoms with Gasteiger partial charge in [-0.3, -0.25) is 14.9 Å². The van der Waals surface area contributed by atoms with E-state index in [-0.39, 0.29) is 28.4 Å². The van der Waals surface area contributed by atoms with E-state index in [2.05, 4.69) is 31.9 Å². The Morgan fingerprint density at radius 3 is 2.64 bits per heavy atom. The number of thioether (sulfide) groups is 1. The molecule has 0 bridgehead atoms. The largest absolute Gasteiger partial charge is 0.459 e. The van der Waals surface area contributed by atoms with Crippen LogP contribution in [0.3, 0.4) is 0 Å². The van der Waals surface area contributed by atoms with Gasteiger partial charge in [0.05, 0.1) is 9.67 Å². The van der Waals surface area contributed by atoms with Gasteiger partial charge in [-0.1, -0.05) is 31.9 Å². The predicted molar refractivity (Wildman–Crippen MR) is 99.8 cm³/mol. The van der Waals surface area contributed by atoms with Crippen LogP contribution in [-0.2, 0) is 20.9 Å². The molecule has 7 nitrogen and oxygen atoms in total. The number of benzene rings is 1. The summed E-state index contributed by atoms with van der Waals surface area (Å²) in [4.78, 5) is 36.2. The number of non-ortho nitro benzene ring substituents is 1. The Balaban J connectivity index is 1.69. The topological polar surface area (TPSA) is 89.8 Å². The second kappa shape index (κ2) is 6.88. The Hall–Kier alpha value is -1.13. The molecule has 2 saturated heterocycles. The van der Waals surface area contributed by atoms with Crippen molar-refractivity contribution in [1.82, 2.24) is 4.90 Å². The van der Waals surface area contributed by atoms with E-state index in [4.69, 9.17) is 4.74 Å². The first-order chi connectivity index (χ1) is 11.8. The van der Waals surface area contributed by atoms with E-state index in [0.29, 0.717) is 10.9 Å². The molecule has 0 aromatic heterocycles. The highest BCUT2D eigenvalue weighted by atomic mass is 79.9. The summed E-state index contributed by atoms with van der Waals surface area (Å²) in [6, 6.07) is 5.15. The van der Waals surface area contributed by atoms with Crippen LogP contribution in [0, 0.1) is 10.1 Å². The number of carbonyl (C=O) groups is 2. The Kier molecular flexibility index (Phi) is 5.13. The van der Waals surface area contributed by atoms with Gasteiger partial charge in [-0.15, -0.1) is 11.8 Å². The number of nitrogens with zero attached hydrogens (tertiary/aromatic N) is 2. The van der Waals surface area contributed by atoms with E-state index >= 15 is 0 Å². The van der Waals surface area contributed by atoms with E-state index in [1.165, 1.54) is 12.1 Å². The number of nitro benzene ring substituents is 1. The van der Waals surface area contributed by atoms with Gasteiger partial charge in [0.25, 0.3) is 5.69 Å². The molecule has 3 rings (SSSR count). The van der Waals surface area contributed by atoms with Crippen LogP contribution >= 0.6 is 43.6 Å². The average molecular weight is 494 g/mol.